The molecule has 5 aromatic rings. The van der Waals surface area contributed by atoms with E-state index >= 15 is 0 Å². The van der Waals surface area contributed by atoms with Crippen molar-refractivity contribution in [1.82, 2.24) is 24.5 Å². The normalized spacial score (nSPS) is 16.1. The predicted octanol–water partition coefficient (Wildman–Crippen LogP) is 3.35. The number of nitrogens with zero attached hydrogens (tertiary/aromatic N) is 5. The number of hydrogen-bond acceptors (Lipinski definition) is 16. The van der Waals surface area contributed by atoms with Gasteiger partial charge in [0.25, 0.3) is 5.88 Å². The van der Waals surface area contributed by atoms with Gasteiger partial charge in [0.2, 0.25) is 11.5 Å². The number of rotatable bonds is 10. The molecule has 0 spiro atoms. The van der Waals surface area contributed by atoms with Crippen LogP contribution in [0.1, 0.15) is 5.69 Å². The number of nitrogen functional groups attached to an aromatic ring is 1. The van der Waals surface area contributed by atoms with Gasteiger partial charge in [-0.15, -0.1) is 0 Å². The Morgan fingerprint density at radius 3 is 2.35 bits per heavy atom. The van der Waals surface area contributed by atoms with Crippen LogP contribution in [0, 0.1) is 0 Å². The first-order valence-electron chi connectivity index (χ1n) is 11.1. The number of phenols is 1. The van der Waals surface area contributed by atoms with Crippen LogP contribution in [0.4, 0.5) is 5.82 Å². The molecule has 0 bridgehead atoms. The van der Waals surface area contributed by atoms with Gasteiger partial charge in [-0.3, -0.25) is 9.42 Å². The number of benzene rings is 1. The van der Waals surface area contributed by atoms with Gasteiger partial charge in [-0.05, 0) is 34.1 Å². The SMILES string of the molecule is Nc1ncnc2c1ncn2-c1oc(OP(=O)(O)OP(=O)(O)OP(=O)(O)OCc2ccc3ccc(O)c(Br)c3n2)c(O)c1O. The van der Waals surface area contributed by atoms with Crippen LogP contribution >= 0.6 is 39.4 Å². The van der Waals surface area contributed by atoms with Crippen LogP contribution in [0.25, 0.3) is 28.0 Å². The van der Waals surface area contributed by atoms with Gasteiger partial charge < -0.3 is 39.8 Å². The Hall–Kier alpha value is -3.61. The number of phosphoric acid groups is 3. The molecule has 5 rings (SSSR count). The quantitative estimate of drug-likeness (QED) is 0.102. The number of aromatic nitrogens is 5. The zero-order valence-electron chi connectivity index (χ0n) is 20.7. The van der Waals surface area contributed by atoms with E-state index in [-0.39, 0.29) is 38.4 Å². The summed E-state index contributed by atoms with van der Waals surface area (Å²) < 4.78 is 60.3. The van der Waals surface area contributed by atoms with E-state index in [0.29, 0.717) is 5.39 Å². The highest BCUT2D eigenvalue weighted by molar-refractivity contribution is 9.10. The van der Waals surface area contributed by atoms with Crippen LogP contribution < -0.4 is 10.3 Å². The third-order valence-corrected chi connectivity index (χ3v) is 10.1. The van der Waals surface area contributed by atoms with Crippen molar-refractivity contribution in [2.24, 2.45) is 0 Å². The molecule has 0 aliphatic carbocycles. The van der Waals surface area contributed by atoms with Gasteiger partial charge in [-0.2, -0.15) is 8.62 Å². The van der Waals surface area contributed by atoms with Crippen molar-refractivity contribution in [2.75, 3.05) is 5.73 Å². The van der Waals surface area contributed by atoms with Crippen LogP contribution in [0.5, 0.6) is 23.2 Å². The smallest absolute Gasteiger partial charge is 0.507 e. The monoisotopic (exact) mass is 724 g/mol. The molecule has 20 nitrogen and oxygen atoms in total. The summed E-state index contributed by atoms with van der Waals surface area (Å²) in [7, 11) is -17.2. The van der Waals surface area contributed by atoms with E-state index in [9.17, 15) is 43.7 Å². The average molecular weight is 725 g/mol. The molecule has 24 heteroatoms. The molecular weight excluding hydrogens is 709 g/mol. The van der Waals surface area contributed by atoms with E-state index in [4.69, 9.17) is 10.2 Å². The van der Waals surface area contributed by atoms with Gasteiger partial charge in [0.15, 0.2) is 17.0 Å². The molecule has 0 radical (unpaired) electrons. The third kappa shape index (κ3) is 6.51. The summed E-state index contributed by atoms with van der Waals surface area (Å²) in [5.41, 5.74) is 6.00. The lowest BCUT2D eigenvalue weighted by atomic mass is 10.2. The fourth-order valence-corrected chi connectivity index (χ4v) is 7.32. The molecule has 0 amide bonds. The largest absolute Gasteiger partial charge is 0.538 e. The van der Waals surface area contributed by atoms with Crippen molar-refractivity contribution in [2.45, 2.75) is 6.61 Å². The highest BCUT2D eigenvalue weighted by Crippen LogP contribution is 2.68. The number of imidazole rings is 1. The summed E-state index contributed by atoms with van der Waals surface area (Å²) in [6, 6.07) is 5.88. The lowest BCUT2D eigenvalue weighted by Gasteiger charge is -2.17. The maximum atomic E-state index is 12.4. The van der Waals surface area contributed by atoms with E-state index in [2.05, 4.69) is 53.5 Å². The van der Waals surface area contributed by atoms with Gasteiger partial charge >= 0.3 is 29.4 Å². The molecule has 4 aromatic heterocycles. The summed E-state index contributed by atoms with van der Waals surface area (Å²) in [4.78, 5) is 45.4. The number of aromatic hydroxyl groups is 3. The summed E-state index contributed by atoms with van der Waals surface area (Å²) >= 11 is 3.15. The predicted molar refractivity (Wildman–Crippen MR) is 145 cm³/mol. The molecule has 43 heavy (non-hydrogen) atoms. The molecule has 228 valence electrons. The lowest BCUT2D eigenvalue weighted by molar-refractivity contribution is 0.164. The van der Waals surface area contributed by atoms with Crippen molar-refractivity contribution in [3.63, 3.8) is 0 Å². The molecule has 0 saturated carbocycles. The van der Waals surface area contributed by atoms with Crippen molar-refractivity contribution >= 4 is 67.3 Å². The Morgan fingerprint density at radius 1 is 0.907 bits per heavy atom. The Kier molecular flexibility index (Phi) is 7.99. The topological polar surface area (TPSA) is 305 Å². The van der Waals surface area contributed by atoms with Gasteiger partial charge in [-0.1, -0.05) is 6.07 Å². The van der Waals surface area contributed by atoms with Gasteiger partial charge in [-0.25, -0.2) is 38.2 Å². The van der Waals surface area contributed by atoms with Gasteiger partial charge in [0.05, 0.1) is 15.7 Å². The molecule has 1 aromatic carbocycles. The minimum atomic E-state index is -5.92. The van der Waals surface area contributed by atoms with Crippen molar-refractivity contribution in [1.29, 1.82) is 0 Å². The zero-order chi connectivity index (χ0) is 31.3. The standard InChI is InChI=1S/C19H16BrN6O14P3/c20-11-10(27)4-2-8-1-3-9(25-12(8)11)5-36-41(30,31)39-43(34,35)40-42(32,33)38-19-15(29)14(28)18(37-19)26-7-24-13-16(21)22-6-23-17(13)26/h1-4,6-7,27-29H,5H2,(H,30,31)(H,32,33)(H,34,35)(H2,21,22,23). The fraction of sp³-hybridized carbons (Fsp3) is 0.0526. The summed E-state index contributed by atoms with van der Waals surface area (Å²) in [5, 5.41) is 30.8. The van der Waals surface area contributed by atoms with E-state index in [1.165, 1.54) is 12.1 Å². The van der Waals surface area contributed by atoms with Gasteiger partial charge in [0.1, 0.15) is 25.0 Å². The summed E-state index contributed by atoms with van der Waals surface area (Å²) in [6.07, 6.45) is 2.09. The second kappa shape index (κ2) is 11.1. The Balaban J connectivity index is 1.28. The second-order valence-corrected chi connectivity index (χ2v) is 13.5. The molecule has 4 heterocycles. The first-order valence-corrected chi connectivity index (χ1v) is 16.3. The molecule has 0 aliphatic heterocycles. The number of hydrogen-bond donors (Lipinski definition) is 7. The van der Waals surface area contributed by atoms with E-state index < -0.39 is 53.4 Å². The zero-order valence-corrected chi connectivity index (χ0v) is 24.9. The number of nitrogens with two attached hydrogens (primary N) is 1. The minimum absolute atomic E-state index is 0.0188. The highest BCUT2D eigenvalue weighted by atomic mass is 79.9. The number of anilines is 1. The maximum Gasteiger partial charge on any atom is 0.538 e. The van der Waals surface area contributed by atoms with E-state index in [1.807, 2.05) is 0 Å². The molecular formula is C19H16BrN6O14P3. The molecule has 3 unspecified atom stereocenters. The number of phosphoric ester groups is 2. The Labute approximate surface area is 245 Å². The lowest BCUT2D eigenvalue weighted by Crippen LogP contribution is -2.01. The first-order chi connectivity index (χ1) is 20.1. The van der Waals surface area contributed by atoms with E-state index in [1.54, 1.807) is 12.1 Å². The molecule has 0 aliphatic rings. The molecule has 3 atom stereocenters. The third-order valence-electron chi connectivity index (χ3n) is 5.21. The summed E-state index contributed by atoms with van der Waals surface area (Å²) in [5.74, 6) is -4.42. The van der Waals surface area contributed by atoms with Crippen molar-refractivity contribution < 1.29 is 65.8 Å². The Bertz CT molecular complexity index is 2040. The van der Waals surface area contributed by atoms with Crippen molar-refractivity contribution in [3.8, 4) is 29.1 Å². The van der Waals surface area contributed by atoms with Crippen LogP contribution in [0.15, 0.2) is 45.8 Å². The van der Waals surface area contributed by atoms with Crippen LogP contribution in [-0.2, 0) is 33.4 Å². The second-order valence-electron chi connectivity index (χ2n) is 8.14. The minimum Gasteiger partial charge on any atom is -0.507 e. The molecule has 0 saturated heterocycles. The highest BCUT2D eigenvalue weighted by Gasteiger charge is 2.44. The first kappa shape index (κ1) is 30.8. The van der Waals surface area contributed by atoms with Gasteiger partial charge in [0, 0.05) is 5.39 Å². The number of fused-ring (bicyclic) bond motifs is 2. The fourth-order valence-electron chi connectivity index (χ4n) is 3.44. The average Bonchev–Trinajstić information content (AvgIpc) is 3.45. The summed E-state index contributed by atoms with van der Waals surface area (Å²) in [6.45, 7) is -0.763. The van der Waals surface area contributed by atoms with Crippen molar-refractivity contribution in [3.05, 3.63) is 47.1 Å². The van der Waals surface area contributed by atoms with Crippen LogP contribution in [0.2, 0.25) is 0 Å². The van der Waals surface area contributed by atoms with E-state index in [0.717, 1.165) is 17.2 Å². The molecule has 8 N–H and O–H groups in total. The maximum absolute atomic E-state index is 12.4. The number of pyridine rings is 1. The Morgan fingerprint density at radius 2 is 1.60 bits per heavy atom. The number of halogens is 1. The van der Waals surface area contributed by atoms with Crippen LogP contribution in [0.3, 0.4) is 0 Å². The molecule has 0 fully saturated rings. The number of furan rings is 1. The number of phenolic OH excluding ortho intramolecular Hbond substituents is 1. The van der Waals surface area contributed by atoms with Crippen LogP contribution in [-0.4, -0.2) is 54.5 Å².